The largest absolute Gasteiger partial charge is 0.461 e. The number of aryl methyl sites for hydroxylation is 1. The van der Waals surface area contributed by atoms with Gasteiger partial charge in [0, 0.05) is 55.0 Å². The Morgan fingerprint density at radius 2 is 1.76 bits per heavy atom. The van der Waals surface area contributed by atoms with E-state index in [1.807, 2.05) is 46.1 Å². The molecule has 4 rings (SSSR count). The standard InChI is InChI=1S/C42H61N3O10S3/c1-25-11-10-16-42(9)32(55-42)22-30(26(2)21-29-24-56-28(4)44-29)53-37(51)23-31(46)40(5,6)39(52)27(3)38(25)54-36(50)15-20-58-41(7,8)57-19-14-33(47)43-17-18-45-34(48)12-13-35(45)49/h12-13,21,24-25,27,30-32,38,46H,10-11,14-20,22-23H2,1-9H3,(H,43,47)/b26-21+/t25-,27+,30+,31-,32+,38+,42+/m1/s1. The quantitative estimate of drug-likeness (QED) is 0.0956. The van der Waals surface area contributed by atoms with E-state index in [1.165, 1.54) is 23.5 Å². The van der Waals surface area contributed by atoms with Crippen LogP contribution in [0.25, 0.3) is 6.08 Å². The lowest BCUT2D eigenvalue weighted by Crippen LogP contribution is -2.47. The summed E-state index contributed by atoms with van der Waals surface area (Å²) in [4.78, 5) is 82.2. The Kier molecular flexibility index (Phi) is 16.8. The molecule has 0 aliphatic carbocycles. The number of ketones is 1. The summed E-state index contributed by atoms with van der Waals surface area (Å²) >= 11 is 4.69. The van der Waals surface area contributed by atoms with Gasteiger partial charge in [0.25, 0.3) is 11.8 Å². The van der Waals surface area contributed by atoms with Crippen molar-refractivity contribution in [1.82, 2.24) is 15.2 Å². The Morgan fingerprint density at radius 3 is 2.40 bits per heavy atom. The van der Waals surface area contributed by atoms with Crippen LogP contribution in [0, 0.1) is 24.2 Å². The van der Waals surface area contributed by atoms with Gasteiger partial charge in [-0.05, 0) is 65.0 Å². The molecule has 3 aliphatic rings. The zero-order chi connectivity index (χ0) is 43.0. The van der Waals surface area contributed by atoms with Crippen molar-refractivity contribution in [3.63, 3.8) is 0 Å². The Bertz CT molecular complexity index is 1720. The van der Waals surface area contributed by atoms with Gasteiger partial charge in [0.05, 0.1) is 56.8 Å². The molecule has 3 amide bonds. The highest BCUT2D eigenvalue weighted by Crippen LogP contribution is 2.45. The van der Waals surface area contributed by atoms with Gasteiger partial charge < -0.3 is 24.6 Å². The molecule has 1 aromatic rings. The molecule has 2 N–H and O–H groups in total. The SMILES string of the molecule is C/C(=C\c1csc(C)n1)[C@@H]1C[C@@H]2O[C@@]2(C)CCC[C@@H](C)[C@H](OC(=O)CCSC(C)(C)SCCC(=O)NCCN2C(=O)C=CC2=O)[C@H](C)C(=O)C(C)(C)[C@H](O)CC(=O)O1. The van der Waals surface area contributed by atoms with Crippen molar-refractivity contribution >= 4 is 76.4 Å². The Morgan fingerprint density at radius 1 is 1.10 bits per heavy atom. The first-order valence-corrected chi connectivity index (χ1v) is 22.9. The van der Waals surface area contributed by atoms with E-state index in [-0.39, 0.29) is 72.0 Å². The summed E-state index contributed by atoms with van der Waals surface area (Å²) in [5.74, 6) is -2.24. The number of Topliss-reactive ketones (excluding diaryl/α,β-unsaturated/α-hetero) is 1. The highest BCUT2D eigenvalue weighted by molar-refractivity contribution is 8.18. The molecule has 7 atom stereocenters. The summed E-state index contributed by atoms with van der Waals surface area (Å²) in [6.45, 7) is 17.2. The number of carbonyl (C=O) groups excluding carboxylic acids is 6. The number of epoxide rings is 1. The normalized spacial score (nSPS) is 28.6. The number of nitrogens with zero attached hydrogens (tertiary/aromatic N) is 2. The molecule has 2 fully saturated rings. The van der Waals surface area contributed by atoms with Crippen LogP contribution < -0.4 is 5.32 Å². The van der Waals surface area contributed by atoms with Gasteiger partial charge >= 0.3 is 11.9 Å². The van der Waals surface area contributed by atoms with Crippen molar-refractivity contribution < 1.29 is 48.1 Å². The summed E-state index contributed by atoms with van der Waals surface area (Å²) in [5, 5.41) is 17.0. The molecule has 16 heteroatoms. The minimum absolute atomic E-state index is 0.116. The summed E-state index contributed by atoms with van der Waals surface area (Å²) in [7, 11) is 0. The molecule has 0 unspecified atom stereocenters. The van der Waals surface area contributed by atoms with E-state index >= 15 is 0 Å². The van der Waals surface area contributed by atoms with Crippen LogP contribution in [0.4, 0.5) is 0 Å². The van der Waals surface area contributed by atoms with Crippen molar-refractivity contribution in [3.8, 4) is 0 Å². The summed E-state index contributed by atoms with van der Waals surface area (Å²) in [6.07, 6.45) is 4.15. The second kappa shape index (κ2) is 20.5. The average molecular weight is 864 g/mol. The van der Waals surface area contributed by atoms with E-state index < -0.39 is 47.2 Å². The van der Waals surface area contributed by atoms with Gasteiger partial charge in [-0.1, -0.05) is 34.1 Å². The van der Waals surface area contributed by atoms with Crippen LogP contribution >= 0.6 is 34.9 Å². The Hall–Kier alpha value is -3.05. The summed E-state index contributed by atoms with van der Waals surface area (Å²) < 4.78 is 18.0. The van der Waals surface area contributed by atoms with Crippen LogP contribution in [0.5, 0.6) is 0 Å². The van der Waals surface area contributed by atoms with E-state index in [1.54, 1.807) is 44.3 Å². The number of thiazole rings is 1. The van der Waals surface area contributed by atoms with Gasteiger partial charge in [0.1, 0.15) is 18.0 Å². The fourth-order valence-electron chi connectivity index (χ4n) is 7.34. The van der Waals surface area contributed by atoms with Crippen LogP contribution in [0.1, 0.15) is 111 Å². The molecule has 2 saturated heterocycles. The van der Waals surface area contributed by atoms with Crippen LogP contribution in [0.15, 0.2) is 23.1 Å². The van der Waals surface area contributed by atoms with Crippen LogP contribution in [0.3, 0.4) is 0 Å². The molecule has 0 radical (unpaired) electrons. The number of hydrogen-bond donors (Lipinski definition) is 2. The molecular weight excluding hydrogens is 803 g/mol. The number of esters is 2. The lowest BCUT2D eigenvalue weighted by Gasteiger charge is -2.36. The lowest BCUT2D eigenvalue weighted by molar-refractivity contribution is -0.160. The van der Waals surface area contributed by atoms with Gasteiger partial charge in [-0.2, -0.15) is 0 Å². The van der Waals surface area contributed by atoms with Crippen LogP contribution in [-0.2, 0) is 43.0 Å². The predicted octanol–water partition coefficient (Wildman–Crippen LogP) is 6.05. The van der Waals surface area contributed by atoms with Gasteiger partial charge in [0.15, 0.2) is 0 Å². The number of cyclic esters (lactones) is 1. The maximum atomic E-state index is 14.1. The molecule has 1 aromatic heterocycles. The van der Waals surface area contributed by atoms with Crippen molar-refractivity contribution in [2.45, 2.75) is 141 Å². The maximum absolute atomic E-state index is 14.1. The molecule has 322 valence electrons. The number of rotatable bonds is 14. The van der Waals surface area contributed by atoms with Gasteiger partial charge in [-0.25, -0.2) is 4.98 Å². The minimum atomic E-state index is -1.34. The number of hydrogen-bond acceptors (Lipinski definition) is 14. The monoisotopic (exact) mass is 863 g/mol. The topological polar surface area (TPSA) is 182 Å². The number of aliphatic hydroxyl groups is 1. The number of amides is 3. The van der Waals surface area contributed by atoms with Crippen molar-refractivity contribution in [1.29, 1.82) is 0 Å². The number of carbonyl (C=O) groups is 6. The van der Waals surface area contributed by atoms with E-state index in [9.17, 15) is 33.9 Å². The Labute approximate surface area is 355 Å². The molecule has 0 spiro atoms. The first-order chi connectivity index (χ1) is 27.1. The van der Waals surface area contributed by atoms with Crippen LogP contribution in [0.2, 0.25) is 0 Å². The van der Waals surface area contributed by atoms with E-state index in [4.69, 9.17) is 14.2 Å². The highest BCUT2D eigenvalue weighted by Gasteiger charge is 2.53. The molecule has 0 saturated carbocycles. The first kappa shape index (κ1) is 47.6. The highest BCUT2D eigenvalue weighted by atomic mass is 32.2. The fraction of sp³-hybridized carbons (Fsp3) is 0.690. The smallest absolute Gasteiger partial charge is 0.309 e. The second-order valence-electron chi connectivity index (χ2n) is 16.8. The number of fused-ring (bicyclic) bond motifs is 1. The third-order valence-corrected chi connectivity index (χ3v) is 15.0. The van der Waals surface area contributed by atoms with Gasteiger partial charge in [-0.3, -0.25) is 33.7 Å². The maximum Gasteiger partial charge on any atom is 0.309 e. The van der Waals surface area contributed by atoms with Crippen LogP contribution in [-0.4, -0.2) is 109 Å². The summed E-state index contributed by atoms with van der Waals surface area (Å²) in [5.41, 5.74) is -0.143. The van der Waals surface area contributed by atoms with E-state index in [0.29, 0.717) is 24.3 Å². The number of ether oxygens (including phenoxy) is 3. The third-order valence-electron chi connectivity index (χ3n) is 11.2. The zero-order valence-corrected chi connectivity index (χ0v) is 37.7. The molecule has 3 aliphatic heterocycles. The van der Waals surface area contributed by atoms with Gasteiger partial charge in [-0.15, -0.1) is 34.9 Å². The number of imide groups is 1. The van der Waals surface area contributed by atoms with Gasteiger partial charge in [0.2, 0.25) is 5.91 Å². The second-order valence-corrected chi connectivity index (χ2v) is 21.6. The number of aromatic nitrogens is 1. The molecular formula is C42H61N3O10S3. The minimum Gasteiger partial charge on any atom is -0.461 e. The van der Waals surface area contributed by atoms with Crippen molar-refractivity contribution in [3.05, 3.63) is 33.8 Å². The Balaban J connectivity index is 1.32. The molecule has 13 nitrogen and oxygen atoms in total. The third kappa shape index (κ3) is 13.5. The lowest BCUT2D eigenvalue weighted by atomic mass is 9.72. The summed E-state index contributed by atoms with van der Waals surface area (Å²) in [6, 6.07) is 0. The fourth-order valence-corrected chi connectivity index (χ4v) is 10.3. The number of thioether (sulfide) groups is 2. The predicted molar refractivity (Wildman–Crippen MR) is 227 cm³/mol. The number of nitrogens with one attached hydrogen (secondary N) is 1. The molecule has 0 bridgehead atoms. The van der Waals surface area contributed by atoms with E-state index in [2.05, 4.69) is 17.2 Å². The molecule has 0 aromatic carbocycles. The molecule has 58 heavy (non-hydrogen) atoms. The average Bonchev–Trinajstić information content (AvgIpc) is 3.38. The molecule has 4 heterocycles. The van der Waals surface area contributed by atoms with Crippen molar-refractivity contribution in [2.75, 3.05) is 24.6 Å². The number of aliphatic hydroxyl groups excluding tert-OH is 1. The van der Waals surface area contributed by atoms with E-state index in [0.717, 1.165) is 34.0 Å². The zero-order valence-electron chi connectivity index (χ0n) is 35.3. The first-order valence-electron chi connectivity index (χ1n) is 20.1. The van der Waals surface area contributed by atoms with Crippen molar-refractivity contribution in [2.24, 2.45) is 17.3 Å².